The van der Waals surface area contributed by atoms with Crippen molar-refractivity contribution in [2.24, 2.45) is 5.92 Å². The number of anilines is 1. The Morgan fingerprint density at radius 3 is 2.33 bits per heavy atom. The minimum absolute atomic E-state index is 0.145. The molecule has 3 atom stereocenters. The number of hydroxylamine groups is 1. The first-order chi connectivity index (χ1) is 10.3. The van der Waals surface area contributed by atoms with Crippen LogP contribution in [0.5, 0.6) is 0 Å². The Bertz CT molecular complexity index is 644. The summed E-state index contributed by atoms with van der Waals surface area (Å²) in [4.78, 5) is 18.1. The Morgan fingerprint density at radius 1 is 0.952 bits per heavy atom. The van der Waals surface area contributed by atoms with Gasteiger partial charge < -0.3 is 4.74 Å². The molecule has 0 saturated carbocycles. The molecule has 0 N–H and O–H groups in total. The first-order valence-corrected chi connectivity index (χ1v) is 7.07. The van der Waals surface area contributed by atoms with E-state index in [1.54, 1.807) is 0 Å². The van der Waals surface area contributed by atoms with Crippen molar-refractivity contribution in [2.45, 2.75) is 12.1 Å². The molecule has 4 rings (SSSR count). The summed E-state index contributed by atoms with van der Waals surface area (Å²) in [6, 6.07) is 19.7. The minimum Gasteiger partial charge on any atom is -0.462 e. The molecule has 0 amide bonds. The van der Waals surface area contributed by atoms with Crippen molar-refractivity contribution in [3.8, 4) is 0 Å². The summed E-state index contributed by atoms with van der Waals surface area (Å²) < 4.78 is 5.17. The topological polar surface area (TPSA) is 38.8 Å². The highest BCUT2D eigenvalue weighted by Gasteiger charge is 2.53. The van der Waals surface area contributed by atoms with Gasteiger partial charge in [-0.2, -0.15) is 0 Å². The Morgan fingerprint density at radius 2 is 1.62 bits per heavy atom. The van der Waals surface area contributed by atoms with E-state index >= 15 is 0 Å². The van der Waals surface area contributed by atoms with Gasteiger partial charge in [0.25, 0.3) is 0 Å². The van der Waals surface area contributed by atoms with Crippen molar-refractivity contribution in [1.82, 2.24) is 0 Å². The van der Waals surface area contributed by atoms with Crippen LogP contribution in [0.1, 0.15) is 11.6 Å². The van der Waals surface area contributed by atoms with Crippen LogP contribution < -0.4 is 5.06 Å². The van der Waals surface area contributed by atoms with Gasteiger partial charge in [-0.3, -0.25) is 9.63 Å². The van der Waals surface area contributed by atoms with Crippen molar-refractivity contribution in [1.29, 1.82) is 0 Å². The molecule has 2 heterocycles. The normalized spacial score (nSPS) is 27.5. The van der Waals surface area contributed by atoms with Crippen LogP contribution in [-0.4, -0.2) is 18.7 Å². The molecule has 0 aromatic heterocycles. The maximum Gasteiger partial charge on any atom is 0.314 e. The van der Waals surface area contributed by atoms with E-state index in [1.807, 2.05) is 65.7 Å². The van der Waals surface area contributed by atoms with Crippen LogP contribution in [0.2, 0.25) is 0 Å². The smallest absolute Gasteiger partial charge is 0.314 e. The van der Waals surface area contributed by atoms with E-state index in [9.17, 15) is 4.79 Å². The lowest BCUT2D eigenvalue weighted by atomic mass is 9.91. The van der Waals surface area contributed by atoms with Gasteiger partial charge in [-0.05, 0) is 17.7 Å². The molecule has 2 aromatic carbocycles. The number of ether oxygens (including phenoxy) is 1. The molecule has 0 aliphatic carbocycles. The number of hydrogen-bond acceptors (Lipinski definition) is 4. The van der Waals surface area contributed by atoms with E-state index in [0.29, 0.717) is 6.61 Å². The fraction of sp³-hybridized carbons (Fsp3) is 0.235. The lowest BCUT2D eigenvalue weighted by Crippen LogP contribution is -2.27. The maximum atomic E-state index is 12.1. The molecule has 0 bridgehead atoms. The predicted octanol–water partition coefficient (Wildman–Crippen LogP) is 2.72. The molecule has 106 valence electrons. The number of carbonyl (C=O) groups excluding carboxylic acids is 1. The second kappa shape index (κ2) is 4.90. The number of esters is 1. The van der Waals surface area contributed by atoms with E-state index in [-0.39, 0.29) is 24.0 Å². The van der Waals surface area contributed by atoms with Crippen LogP contribution in [-0.2, 0) is 14.4 Å². The third-order valence-corrected chi connectivity index (χ3v) is 4.06. The first-order valence-electron chi connectivity index (χ1n) is 7.07. The number of cyclic esters (lactones) is 1. The summed E-state index contributed by atoms with van der Waals surface area (Å²) >= 11 is 0. The summed E-state index contributed by atoms with van der Waals surface area (Å²) in [5.41, 5.74) is 2.02. The number of benzene rings is 2. The van der Waals surface area contributed by atoms with Gasteiger partial charge in [0, 0.05) is 0 Å². The van der Waals surface area contributed by atoms with Gasteiger partial charge in [0.05, 0.1) is 11.7 Å². The monoisotopic (exact) mass is 281 g/mol. The molecule has 21 heavy (non-hydrogen) atoms. The van der Waals surface area contributed by atoms with E-state index in [2.05, 4.69) is 0 Å². The molecule has 4 nitrogen and oxygen atoms in total. The van der Waals surface area contributed by atoms with Gasteiger partial charge >= 0.3 is 5.97 Å². The maximum absolute atomic E-state index is 12.1. The number of hydrogen-bond donors (Lipinski definition) is 0. The molecule has 2 fully saturated rings. The van der Waals surface area contributed by atoms with Crippen LogP contribution in [0.4, 0.5) is 5.69 Å². The van der Waals surface area contributed by atoms with Gasteiger partial charge in [0.1, 0.15) is 18.6 Å². The van der Waals surface area contributed by atoms with Crippen LogP contribution in [0.25, 0.3) is 0 Å². The van der Waals surface area contributed by atoms with Crippen molar-refractivity contribution in [3.63, 3.8) is 0 Å². The van der Waals surface area contributed by atoms with E-state index in [0.717, 1.165) is 11.3 Å². The van der Waals surface area contributed by atoms with Gasteiger partial charge in [-0.1, -0.05) is 48.5 Å². The third-order valence-electron chi connectivity index (χ3n) is 4.06. The fourth-order valence-corrected chi connectivity index (χ4v) is 3.09. The van der Waals surface area contributed by atoms with Crippen LogP contribution in [0.15, 0.2) is 60.7 Å². The average molecular weight is 281 g/mol. The largest absolute Gasteiger partial charge is 0.462 e. The van der Waals surface area contributed by atoms with Crippen molar-refractivity contribution < 1.29 is 14.4 Å². The minimum atomic E-state index is -0.271. The molecule has 0 unspecified atom stereocenters. The summed E-state index contributed by atoms with van der Waals surface area (Å²) in [6.07, 6.45) is -0.206. The SMILES string of the molecule is O=C1OC[C@@H]2ON(c3ccccc3)[C@H](c3ccccc3)[C@H]12. The molecule has 0 radical (unpaired) electrons. The van der Waals surface area contributed by atoms with Gasteiger partial charge in [0.15, 0.2) is 0 Å². The van der Waals surface area contributed by atoms with Crippen LogP contribution in [0.3, 0.4) is 0 Å². The highest BCUT2D eigenvalue weighted by atomic mass is 16.7. The fourth-order valence-electron chi connectivity index (χ4n) is 3.09. The highest BCUT2D eigenvalue weighted by molar-refractivity contribution is 5.78. The molecule has 2 saturated heterocycles. The number of fused-ring (bicyclic) bond motifs is 1. The lowest BCUT2D eigenvalue weighted by molar-refractivity contribution is -0.141. The molecular weight excluding hydrogens is 266 g/mol. The second-order valence-corrected chi connectivity index (χ2v) is 5.32. The first kappa shape index (κ1) is 12.4. The highest BCUT2D eigenvalue weighted by Crippen LogP contribution is 2.45. The van der Waals surface area contributed by atoms with Crippen molar-refractivity contribution >= 4 is 11.7 Å². The quantitative estimate of drug-likeness (QED) is 0.793. The van der Waals surface area contributed by atoms with Gasteiger partial charge in [-0.15, -0.1) is 0 Å². The van der Waals surface area contributed by atoms with E-state index in [1.165, 1.54) is 0 Å². The number of carbonyl (C=O) groups is 1. The van der Waals surface area contributed by atoms with Crippen molar-refractivity contribution in [3.05, 3.63) is 66.2 Å². The molecule has 2 aliphatic rings. The zero-order valence-corrected chi connectivity index (χ0v) is 11.4. The Kier molecular flexibility index (Phi) is 2.89. The van der Waals surface area contributed by atoms with Crippen molar-refractivity contribution in [2.75, 3.05) is 11.7 Å². The molecule has 4 heteroatoms. The lowest BCUT2D eigenvalue weighted by Gasteiger charge is -2.27. The summed E-state index contributed by atoms with van der Waals surface area (Å²) in [5, 5.41) is 1.85. The number of para-hydroxylation sites is 1. The average Bonchev–Trinajstić information content (AvgIpc) is 3.09. The van der Waals surface area contributed by atoms with Crippen LogP contribution >= 0.6 is 0 Å². The Balaban J connectivity index is 1.78. The second-order valence-electron chi connectivity index (χ2n) is 5.32. The zero-order valence-electron chi connectivity index (χ0n) is 11.4. The molecular formula is C17H15NO3. The third kappa shape index (κ3) is 1.99. The summed E-state index contributed by atoms with van der Waals surface area (Å²) in [7, 11) is 0. The summed E-state index contributed by atoms with van der Waals surface area (Å²) in [5.74, 6) is -0.445. The Labute approximate surface area is 122 Å². The van der Waals surface area contributed by atoms with Gasteiger partial charge in [0.2, 0.25) is 0 Å². The molecule has 2 aromatic rings. The standard InChI is InChI=1S/C17H15NO3/c19-17-15-14(11-20-17)21-18(13-9-5-2-6-10-13)16(15)12-7-3-1-4-8-12/h1-10,14-16H,11H2/t14-,15+,16+/m0/s1. The predicted molar refractivity (Wildman–Crippen MR) is 77.4 cm³/mol. The van der Waals surface area contributed by atoms with Gasteiger partial charge in [-0.25, -0.2) is 5.06 Å². The Hall–Kier alpha value is -2.33. The number of nitrogens with zero attached hydrogens (tertiary/aromatic N) is 1. The molecule has 2 aliphatic heterocycles. The summed E-state index contributed by atoms with van der Waals surface area (Å²) in [6.45, 7) is 0.330. The van der Waals surface area contributed by atoms with E-state index in [4.69, 9.17) is 9.57 Å². The van der Waals surface area contributed by atoms with Crippen LogP contribution in [0, 0.1) is 5.92 Å². The molecule has 0 spiro atoms. The zero-order chi connectivity index (χ0) is 14.2. The van der Waals surface area contributed by atoms with E-state index < -0.39 is 0 Å². The number of rotatable bonds is 2.